The molecule has 21 heavy (non-hydrogen) atoms. The summed E-state index contributed by atoms with van der Waals surface area (Å²) in [5.74, 6) is 0. The Morgan fingerprint density at radius 3 is 2.29 bits per heavy atom. The third-order valence-corrected chi connectivity index (χ3v) is 4.34. The van der Waals surface area contributed by atoms with Gasteiger partial charge in [0.25, 0.3) is 0 Å². The van der Waals surface area contributed by atoms with Crippen LogP contribution in [0.2, 0.25) is 0 Å². The molecule has 2 nitrogen and oxygen atoms in total. The molecule has 0 spiro atoms. The number of nitrogens with one attached hydrogen (secondary N) is 1. The Balaban J connectivity index is 2.00. The maximum absolute atomic E-state index is 3.49. The fourth-order valence-corrected chi connectivity index (χ4v) is 2.83. The molecule has 0 saturated carbocycles. The normalized spacial score (nSPS) is 12.1. The lowest BCUT2D eigenvalue weighted by Crippen LogP contribution is -2.28. The van der Waals surface area contributed by atoms with Gasteiger partial charge in [-0.1, -0.05) is 46.3 Å². The minimum Gasteiger partial charge on any atom is -0.372 e. The lowest BCUT2D eigenvalue weighted by Gasteiger charge is -2.26. The number of halogens is 1. The quantitative estimate of drug-likeness (QED) is 0.786. The number of nitrogens with zero attached hydrogens (tertiary/aromatic N) is 1. The second-order valence-corrected chi connectivity index (χ2v) is 6.01. The van der Waals surface area contributed by atoms with Crippen LogP contribution in [0.3, 0.4) is 0 Å². The van der Waals surface area contributed by atoms with Crippen molar-refractivity contribution in [1.29, 1.82) is 0 Å². The molecule has 0 saturated heterocycles. The fourth-order valence-electron chi connectivity index (χ4n) is 2.57. The molecule has 0 fully saturated rings. The third kappa shape index (κ3) is 4.58. The number of hydrogen-bond acceptors (Lipinski definition) is 2. The average molecular weight is 347 g/mol. The summed E-state index contributed by atoms with van der Waals surface area (Å²) in [6, 6.07) is 19.6. The first-order valence-electron chi connectivity index (χ1n) is 7.47. The summed E-state index contributed by atoms with van der Waals surface area (Å²) in [6.45, 7) is 4.28. The zero-order valence-electron chi connectivity index (χ0n) is 12.7. The largest absolute Gasteiger partial charge is 0.372 e. The molecule has 0 amide bonds. The molecule has 0 aliphatic carbocycles. The topological polar surface area (TPSA) is 15.3 Å². The molecule has 2 aromatic carbocycles. The first kappa shape index (κ1) is 16.1. The van der Waals surface area contributed by atoms with E-state index in [1.165, 1.54) is 11.3 Å². The molecule has 0 bridgehead atoms. The van der Waals surface area contributed by atoms with Crippen molar-refractivity contribution in [2.24, 2.45) is 0 Å². The van der Waals surface area contributed by atoms with Gasteiger partial charge in [-0.3, -0.25) is 0 Å². The molecule has 2 rings (SSSR count). The van der Waals surface area contributed by atoms with Crippen molar-refractivity contribution < 1.29 is 0 Å². The third-order valence-electron chi connectivity index (χ3n) is 3.81. The minimum atomic E-state index is 0.385. The fraction of sp³-hybridized carbons (Fsp3) is 0.333. The van der Waals surface area contributed by atoms with E-state index in [1.54, 1.807) is 0 Å². The molecular weight excluding hydrogens is 324 g/mol. The molecule has 0 aliphatic heterocycles. The van der Waals surface area contributed by atoms with Crippen molar-refractivity contribution in [1.82, 2.24) is 5.32 Å². The van der Waals surface area contributed by atoms with Gasteiger partial charge in [-0.25, -0.2) is 0 Å². The standard InChI is InChI=1S/C18H23BrN2/c1-3-21(17-7-5-4-6-8-17)14-13-18(20-2)15-9-11-16(19)12-10-15/h4-12,18,20H,3,13-14H2,1-2H3. The highest BCUT2D eigenvalue weighted by molar-refractivity contribution is 9.10. The van der Waals surface area contributed by atoms with E-state index in [0.717, 1.165) is 24.0 Å². The van der Waals surface area contributed by atoms with Gasteiger partial charge in [-0.05, 0) is 50.2 Å². The summed E-state index contributed by atoms with van der Waals surface area (Å²) >= 11 is 3.49. The van der Waals surface area contributed by atoms with Crippen molar-refractivity contribution in [2.45, 2.75) is 19.4 Å². The van der Waals surface area contributed by atoms with Crippen molar-refractivity contribution in [3.05, 3.63) is 64.6 Å². The van der Waals surface area contributed by atoms with Crippen LogP contribution in [0, 0.1) is 0 Å². The summed E-state index contributed by atoms with van der Waals surface area (Å²) in [4.78, 5) is 2.42. The van der Waals surface area contributed by atoms with Gasteiger partial charge >= 0.3 is 0 Å². The average Bonchev–Trinajstić information content (AvgIpc) is 2.54. The molecule has 0 aliphatic rings. The number of para-hydroxylation sites is 1. The van der Waals surface area contributed by atoms with Crippen molar-refractivity contribution in [3.8, 4) is 0 Å². The molecular formula is C18H23BrN2. The highest BCUT2D eigenvalue weighted by Gasteiger charge is 2.11. The van der Waals surface area contributed by atoms with Gasteiger partial charge in [-0.15, -0.1) is 0 Å². The minimum absolute atomic E-state index is 0.385. The summed E-state index contributed by atoms with van der Waals surface area (Å²) in [6.07, 6.45) is 1.08. The van der Waals surface area contributed by atoms with E-state index in [2.05, 4.69) is 87.7 Å². The number of anilines is 1. The first-order valence-corrected chi connectivity index (χ1v) is 8.26. The molecule has 0 heterocycles. The summed E-state index contributed by atoms with van der Waals surface area (Å²) in [5.41, 5.74) is 2.63. The Bertz CT molecular complexity index is 525. The van der Waals surface area contributed by atoms with Crippen LogP contribution in [0.15, 0.2) is 59.1 Å². The van der Waals surface area contributed by atoms with Crippen molar-refractivity contribution in [2.75, 3.05) is 25.0 Å². The molecule has 3 heteroatoms. The van der Waals surface area contributed by atoms with E-state index in [4.69, 9.17) is 0 Å². The van der Waals surface area contributed by atoms with Gasteiger partial charge in [0.1, 0.15) is 0 Å². The van der Waals surface area contributed by atoms with E-state index >= 15 is 0 Å². The molecule has 0 radical (unpaired) electrons. The van der Waals surface area contributed by atoms with Gasteiger partial charge in [-0.2, -0.15) is 0 Å². The summed E-state index contributed by atoms with van der Waals surface area (Å²) < 4.78 is 1.13. The molecule has 112 valence electrons. The number of hydrogen-bond donors (Lipinski definition) is 1. The van der Waals surface area contributed by atoms with E-state index < -0.39 is 0 Å². The molecule has 1 N–H and O–H groups in total. The predicted octanol–water partition coefficient (Wildman–Crippen LogP) is 4.63. The number of benzene rings is 2. The van der Waals surface area contributed by atoms with Crippen LogP contribution in [0.25, 0.3) is 0 Å². The Morgan fingerprint density at radius 1 is 1.05 bits per heavy atom. The molecule has 1 atom stereocenters. The molecule has 0 aromatic heterocycles. The zero-order valence-corrected chi connectivity index (χ0v) is 14.3. The van der Waals surface area contributed by atoms with Crippen LogP contribution in [-0.4, -0.2) is 20.1 Å². The lowest BCUT2D eigenvalue weighted by atomic mass is 10.0. The monoisotopic (exact) mass is 346 g/mol. The maximum Gasteiger partial charge on any atom is 0.0366 e. The Morgan fingerprint density at radius 2 is 1.71 bits per heavy atom. The highest BCUT2D eigenvalue weighted by atomic mass is 79.9. The Hall–Kier alpha value is -1.32. The van der Waals surface area contributed by atoms with Crippen LogP contribution >= 0.6 is 15.9 Å². The van der Waals surface area contributed by atoms with E-state index in [-0.39, 0.29) is 0 Å². The second-order valence-electron chi connectivity index (χ2n) is 5.10. The first-order chi connectivity index (χ1) is 10.2. The van der Waals surface area contributed by atoms with Gasteiger partial charge in [0.2, 0.25) is 0 Å². The van der Waals surface area contributed by atoms with Crippen LogP contribution in [-0.2, 0) is 0 Å². The second kappa shape index (κ2) is 8.20. The van der Waals surface area contributed by atoms with Crippen molar-refractivity contribution >= 4 is 21.6 Å². The SMILES string of the molecule is CCN(CCC(NC)c1ccc(Br)cc1)c1ccccc1. The summed E-state index contributed by atoms with van der Waals surface area (Å²) in [7, 11) is 2.03. The summed E-state index contributed by atoms with van der Waals surface area (Å²) in [5, 5.41) is 3.43. The zero-order chi connectivity index (χ0) is 15.1. The van der Waals surface area contributed by atoms with Crippen LogP contribution in [0.4, 0.5) is 5.69 Å². The van der Waals surface area contributed by atoms with Gasteiger partial charge in [0.05, 0.1) is 0 Å². The van der Waals surface area contributed by atoms with Gasteiger partial charge < -0.3 is 10.2 Å². The van der Waals surface area contributed by atoms with Crippen molar-refractivity contribution in [3.63, 3.8) is 0 Å². The van der Waals surface area contributed by atoms with Gasteiger partial charge in [0.15, 0.2) is 0 Å². The smallest absolute Gasteiger partial charge is 0.0366 e. The number of rotatable bonds is 7. The van der Waals surface area contributed by atoms with E-state index in [9.17, 15) is 0 Å². The molecule has 1 unspecified atom stereocenters. The van der Waals surface area contributed by atoms with Crippen LogP contribution in [0.1, 0.15) is 24.9 Å². The van der Waals surface area contributed by atoms with Gasteiger partial charge in [0, 0.05) is 29.3 Å². The highest BCUT2D eigenvalue weighted by Crippen LogP contribution is 2.21. The van der Waals surface area contributed by atoms with E-state index in [0.29, 0.717) is 6.04 Å². The maximum atomic E-state index is 3.49. The lowest BCUT2D eigenvalue weighted by molar-refractivity contribution is 0.543. The van der Waals surface area contributed by atoms with E-state index in [1.807, 2.05) is 7.05 Å². The Kier molecular flexibility index (Phi) is 6.27. The van der Waals surface area contributed by atoms with Crippen LogP contribution < -0.4 is 10.2 Å². The molecule has 2 aromatic rings. The Labute approximate surface area is 136 Å². The van der Waals surface area contributed by atoms with Crippen LogP contribution in [0.5, 0.6) is 0 Å². The predicted molar refractivity (Wildman–Crippen MR) is 94.9 cm³/mol.